The first-order chi connectivity index (χ1) is 25.3. The van der Waals surface area contributed by atoms with Crippen molar-refractivity contribution in [3.05, 3.63) is 211 Å². The van der Waals surface area contributed by atoms with Crippen LogP contribution in [0.25, 0.3) is 66.7 Å². The molecule has 0 unspecified atom stereocenters. The lowest BCUT2D eigenvalue weighted by Crippen LogP contribution is -2.09. The largest absolute Gasteiger partial charge is 0.311 e. The van der Waals surface area contributed by atoms with Gasteiger partial charge in [-0.05, 0) is 102 Å². The summed E-state index contributed by atoms with van der Waals surface area (Å²) in [4.78, 5) is 2.29. The van der Waals surface area contributed by atoms with Gasteiger partial charge in [-0.15, -0.1) is 0 Å². The SMILES string of the molecule is C(=C\c1ccc(N(c2ccccc2)c2ccccc2)cc1)/c1ccc(-c2c3ccccc3c(-c3cccc4ccccc34)c3ccccc23)cc1. The van der Waals surface area contributed by atoms with E-state index in [1.807, 2.05) is 0 Å². The van der Waals surface area contributed by atoms with Crippen LogP contribution in [0.2, 0.25) is 0 Å². The Morgan fingerprint density at radius 1 is 0.294 bits per heavy atom. The first kappa shape index (κ1) is 30.4. The van der Waals surface area contributed by atoms with Crippen LogP contribution in [0.3, 0.4) is 0 Å². The molecule has 0 bridgehead atoms. The fourth-order valence-corrected chi connectivity index (χ4v) is 7.46. The molecule has 0 heterocycles. The van der Waals surface area contributed by atoms with Crippen LogP contribution in [0.5, 0.6) is 0 Å². The molecule has 9 rings (SSSR count). The van der Waals surface area contributed by atoms with Crippen molar-refractivity contribution < 1.29 is 0 Å². The van der Waals surface area contributed by atoms with Crippen molar-refractivity contribution in [3.63, 3.8) is 0 Å². The molecule has 240 valence electrons. The number of para-hydroxylation sites is 2. The molecule has 0 aromatic heterocycles. The van der Waals surface area contributed by atoms with Gasteiger partial charge in [-0.3, -0.25) is 0 Å². The molecule has 0 spiro atoms. The Labute approximate surface area is 299 Å². The maximum atomic E-state index is 2.29. The van der Waals surface area contributed by atoms with Crippen molar-refractivity contribution in [1.82, 2.24) is 0 Å². The highest BCUT2D eigenvalue weighted by atomic mass is 15.1. The predicted octanol–water partition coefficient (Wildman–Crippen LogP) is 14.1. The Balaban J connectivity index is 1.06. The Kier molecular flexibility index (Phi) is 7.92. The van der Waals surface area contributed by atoms with Gasteiger partial charge in [-0.25, -0.2) is 0 Å². The van der Waals surface area contributed by atoms with Gasteiger partial charge in [0.25, 0.3) is 0 Å². The number of fused-ring (bicyclic) bond motifs is 3. The first-order valence-corrected chi connectivity index (χ1v) is 17.5. The molecular formula is C50H35N. The van der Waals surface area contributed by atoms with Crippen LogP contribution in [-0.4, -0.2) is 0 Å². The van der Waals surface area contributed by atoms with Crippen LogP contribution in [-0.2, 0) is 0 Å². The summed E-state index contributed by atoms with van der Waals surface area (Å²) in [5.41, 5.74) is 10.8. The molecule has 0 N–H and O–H groups in total. The fraction of sp³-hybridized carbons (Fsp3) is 0. The smallest absolute Gasteiger partial charge is 0.0462 e. The molecule has 9 aromatic carbocycles. The molecule has 0 atom stereocenters. The van der Waals surface area contributed by atoms with E-state index in [9.17, 15) is 0 Å². The predicted molar refractivity (Wildman–Crippen MR) is 220 cm³/mol. The number of anilines is 3. The molecule has 0 fully saturated rings. The molecule has 51 heavy (non-hydrogen) atoms. The summed E-state index contributed by atoms with van der Waals surface area (Å²) in [6.07, 6.45) is 4.39. The van der Waals surface area contributed by atoms with Crippen molar-refractivity contribution in [3.8, 4) is 22.3 Å². The minimum atomic E-state index is 1.12. The van der Waals surface area contributed by atoms with E-state index in [0.29, 0.717) is 0 Å². The Morgan fingerprint density at radius 3 is 1.25 bits per heavy atom. The third-order valence-electron chi connectivity index (χ3n) is 9.84. The van der Waals surface area contributed by atoms with Gasteiger partial charge in [0.15, 0.2) is 0 Å². The molecule has 1 nitrogen and oxygen atoms in total. The molecule has 0 aliphatic rings. The van der Waals surface area contributed by atoms with Gasteiger partial charge in [0.1, 0.15) is 0 Å². The van der Waals surface area contributed by atoms with Crippen molar-refractivity contribution in [2.75, 3.05) is 4.90 Å². The van der Waals surface area contributed by atoms with Gasteiger partial charge in [0.2, 0.25) is 0 Å². The summed E-state index contributed by atoms with van der Waals surface area (Å²) in [5, 5.41) is 7.61. The lowest BCUT2D eigenvalue weighted by Gasteiger charge is -2.25. The summed E-state index contributed by atoms with van der Waals surface area (Å²) in [6, 6.07) is 71.9. The molecular weight excluding hydrogens is 615 g/mol. The number of rotatable bonds is 7. The molecule has 0 saturated carbocycles. The topological polar surface area (TPSA) is 3.24 Å². The third kappa shape index (κ3) is 5.75. The zero-order chi connectivity index (χ0) is 34.0. The van der Waals surface area contributed by atoms with E-state index in [1.54, 1.807) is 0 Å². The van der Waals surface area contributed by atoms with Gasteiger partial charge >= 0.3 is 0 Å². The van der Waals surface area contributed by atoms with Crippen molar-refractivity contribution >= 4 is 61.5 Å². The van der Waals surface area contributed by atoms with Gasteiger partial charge in [0.05, 0.1) is 0 Å². The molecule has 0 amide bonds. The lowest BCUT2D eigenvalue weighted by atomic mass is 9.84. The molecule has 1 heteroatoms. The Hall–Kier alpha value is -6.70. The molecule has 0 saturated heterocycles. The quantitative estimate of drug-likeness (QED) is 0.123. The zero-order valence-electron chi connectivity index (χ0n) is 28.2. The van der Waals surface area contributed by atoms with Crippen LogP contribution in [0.4, 0.5) is 17.1 Å². The Bertz CT molecular complexity index is 2550. The molecule has 0 radical (unpaired) electrons. The number of hydrogen-bond acceptors (Lipinski definition) is 1. The van der Waals surface area contributed by atoms with Gasteiger partial charge in [-0.1, -0.05) is 176 Å². The van der Waals surface area contributed by atoms with E-state index >= 15 is 0 Å². The van der Waals surface area contributed by atoms with Crippen LogP contribution in [0.15, 0.2) is 200 Å². The summed E-state index contributed by atoms with van der Waals surface area (Å²) in [7, 11) is 0. The summed E-state index contributed by atoms with van der Waals surface area (Å²) in [6.45, 7) is 0. The summed E-state index contributed by atoms with van der Waals surface area (Å²) >= 11 is 0. The van der Waals surface area contributed by atoms with Crippen LogP contribution in [0, 0.1) is 0 Å². The van der Waals surface area contributed by atoms with Crippen molar-refractivity contribution in [2.45, 2.75) is 0 Å². The monoisotopic (exact) mass is 649 g/mol. The highest BCUT2D eigenvalue weighted by Gasteiger charge is 2.18. The standard InChI is InChI=1S/C50H35N/c1-3-16-40(17-4-1)51(41-18-5-2-6-19-41)42-34-30-37(31-35-42)27-26-36-28-32-39(33-29-36)49-45-21-9-11-23-47(45)50(48-24-12-10-22-46(48)49)44-25-13-15-38-14-7-8-20-43(38)44/h1-35H/b27-26+. The number of nitrogens with zero attached hydrogens (tertiary/aromatic N) is 1. The van der Waals surface area contributed by atoms with E-state index in [2.05, 4.69) is 217 Å². The van der Waals surface area contributed by atoms with Crippen LogP contribution in [0.1, 0.15) is 11.1 Å². The first-order valence-electron chi connectivity index (χ1n) is 17.5. The van der Waals surface area contributed by atoms with Crippen LogP contribution < -0.4 is 4.90 Å². The number of benzene rings is 9. The lowest BCUT2D eigenvalue weighted by molar-refractivity contribution is 1.28. The third-order valence-corrected chi connectivity index (χ3v) is 9.84. The van der Waals surface area contributed by atoms with E-state index < -0.39 is 0 Å². The van der Waals surface area contributed by atoms with E-state index in [0.717, 1.165) is 22.6 Å². The van der Waals surface area contributed by atoms with Gasteiger partial charge in [0, 0.05) is 17.1 Å². The number of hydrogen-bond donors (Lipinski definition) is 0. The summed E-state index contributed by atoms with van der Waals surface area (Å²) in [5.74, 6) is 0. The minimum Gasteiger partial charge on any atom is -0.311 e. The maximum absolute atomic E-state index is 2.29. The Morgan fingerprint density at radius 2 is 0.706 bits per heavy atom. The van der Waals surface area contributed by atoms with Gasteiger partial charge < -0.3 is 4.90 Å². The van der Waals surface area contributed by atoms with Crippen LogP contribution >= 0.6 is 0 Å². The second-order valence-corrected chi connectivity index (χ2v) is 12.9. The average Bonchev–Trinajstić information content (AvgIpc) is 3.21. The summed E-state index contributed by atoms with van der Waals surface area (Å²) < 4.78 is 0. The molecule has 9 aromatic rings. The van der Waals surface area contributed by atoms with E-state index in [-0.39, 0.29) is 0 Å². The second-order valence-electron chi connectivity index (χ2n) is 12.9. The van der Waals surface area contributed by atoms with E-state index in [4.69, 9.17) is 0 Å². The van der Waals surface area contributed by atoms with E-state index in [1.165, 1.54) is 60.1 Å². The van der Waals surface area contributed by atoms with Crippen molar-refractivity contribution in [2.24, 2.45) is 0 Å². The highest BCUT2D eigenvalue weighted by molar-refractivity contribution is 6.23. The molecule has 0 aliphatic carbocycles. The normalized spacial score (nSPS) is 11.5. The average molecular weight is 650 g/mol. The minimum absolute atomic E-state index is 1.12. The van der Waals surface area contributed by atoms with Crippen molar-refractivity contribution in [1.29, 1.82) is 0 Å². The fourth-order valence-electron chi connectivity index (χ4n) is 7.46. The highest BCUT2D eigenvalue weighted by Crippen LogP contribution is 2.45. The zero-order valence-corrected chi connectivity index (χ0v) is 28.2. The second kappa shape index (κ2) is 13.3. The molecule has 0 aliphatic heterocycles. The van der Waals surface area contributed by atoms with Gasteiger partial charge in [-0.2, -0.15) is 0 Å². The maximum Gasteiger partial charge on any atom is 0.0462 e.